The van der Waals surface area contributed by atoms with Gasteiger partial charge in [0.15, 0.2) is 0 Å². The third-order valence-corrected chi connectivity index (χ3v) is 6.98. The van der Waals surface area contributed by atoms with Crippen LogP contribution in [0.3, 0.4) is 0 Å². The van der Waals surface area contributed by atoms with E-state index in [2.05, 4.69) is 10.2 Å². The van der Waals surface area contributed by atoms with Crippen LogP contribution in [0, 0.1) is 23.5 Å². The van der Waals surface area contributed by atoms with E-state index in [1.54, 1.807) is 30.3 Å². The lowest BCUT2D eigenvalue weighted by Gasteiger charge is -2.37. The number of carbonyl (C=O) groups excluding carboxylic acids is 2. The maximum Gasteiger partial charge on any atom is 0.226 e. The fourth-order valence-electron chi connectivity index (χ4n) is 5.08. The lowest BCUT2D eigenvalue weighted by Crippen LogP contribution is -2.48. The van der Waals surface area contributed by atoms with Gasteiger partial charge in [0, 0.05) is 38.6 Å². The number of likely N-dealkylation sites (tertiary alicyclic amines) is 2. The number of halogens is 2. The van der Waals surface area contributed by atoms with Crippen molar-refractivity contribution in [1.29, 1.82) is 0 Å². The summed E-state index contributed by atoms with van der Waals surface area (Å²) in [6, 6.07) is 13.2. The summed E-state index contributed by atoms with van der Waals surface area (Å²) >= 11 is 0. The predicted molar refractivity (Wildman–Crippen MR) is 127 cm³/mol. The van der Waals surface area contributed by atoms with Crippen LogP contribution < -0.4 is 5.32 Å². The molecule has 1 N–H and O–H groups in total. The molecule has 2 saturated heterocycles. The first kappa shape index (κ1) is 24.3. The Labute approximate surface area is 200 Å². The second-order valence-electron chi connectivity index (χ2n) is 9.44. The minimum absolute atomic E-state index is 0.0117. The summed E-state index contributed by atoms with van der Waals surface area (Å²) in [7, 11) is 0. The molecular formula is C27H33F2N3O2. The van der Waals surface area contributed by atoms with Gasteiger partial charge in [-0.15, -0.1) is 0 Å². The van der Waals surface area contributed by atoms with Crippen LogP contribution in [-0.2, 0) is 22.6 Å². The fraction of sp³-hybridized carbons (Fsp3) is 0.481. The van der Waals surface area contributed by atoms with Crippen LogP contribution in [0.4, 0.5) is 8.78 Å². The van der Waals surface area contributed by atoms with Gasteiger partial charge in [0.25, 0.3) is 0 Å². The molecular weight excluding hydrogens is 436 g/mol. The highest BCUT2D eigenvalue weighted by Crippen LogP contribution is 2.24. The molecule has 0 bridgehead atoms. The molecule has 7 heteroatoms. The highest BCUT2D eigenvalue weighted by atomic mass is 19.1. The van der Waals surface area contributed by atoms with E-state index in [1.807, 2.05) is 11.0 Å². The van der Waals surface area contributed by atoms with Gasteiger partial charge < -0.3 is 10.2 Å². The van der Waals surface area contributed by atoms with Crippen LogP contribution in [-0.4, -0.2) is 54.3 Å². The predicted octanol–water partition coefficient (Wildman–Crippen LogP) is 3.77. The maximum atomic E-state index is 13.7. The van der Waals surface area contributed by atoms with Crippen LogP contribution in [0.25, 0.3) is 0 Å². The van der Waals surface area contributed by atoms with Gasteiger partial charge in [0.05, 0.1) is 5.92 Å². The number of benzene rings is 2. The van der Waals surface area contributed by atoms with E-state index in [1.165, 1.54) is 12.1 Å². The third-order valence-electron chi connectivity index (χ3n) is 6.98. The first-order valence-corrected chi connectivity index (χ1v) is 12.3. The minimum atomic E-state index is -0.249. The van der Waals surface area contributed by atoms with Crippen molar-refractivity contribution in [2.24, 2.45) is 11.8 Å². The largest absolute Gasteiger partial charge is 0.356 e. The first-order valence-electron chi connectivity index (χ1n) is 12.3. The van der Waals surface area contributed by atoms with Crippen LogP contribution >= 0.6 is 0 Å². The van der Waals surface area contributed by atoms with Gasteiger partial charge >= 0.3 is 0 Å². The van der Waals surface area contributed by atoms with E-state index < -0.39 is 0 Å². The highest BCUT2D eigenvalue weighted by Gasteiger charge is 2.33. The van der Waals surface area contributed by atoms with Gasteiger partial charge in [-0.05, 0) is 68.0 Å². The van der Waals surface area contributed by atoms with E-state index in [0.717, 1.165) is 24.9 Å². The molecule has 0 saturated carbocycles. The zero-order valence-electron chi connectivity index (χ0n) is 19.5. The van der Waals surface area contributed by atoms with Crippen molar-refractivity contribution in [3.8, 4) is 0 Å². The molecule has 0 radical (unpaired) electrons. The normalized spacial score (nSPS) is 19.7. The van der Waals surface area contributed by atoms with E-state index >= 15 is 0 Å². The summed E-state index contributed by atoms with van der Waals surface area (Å²) in [5.41, 5.74) is 1.53. The maximum absolute atomic E-state index is 13.7. The molecule has 2 aliphatic rings. The monoisotopic (exact) mass is 469 g/mol. The molecule has 34 heavy (non-hydrogen) atoms. The van der Waals surface area contributed by atoms with Crippen molar-refractivity contribution >= 4 is 11.8 Å². The number of hydrogen-bond acceptors (Lipinski definition) is 3. The smallest absolute Gasteiger partial charge is 0.226 e. The molecule has 0 spiro atoms. The van der Waals surface area contributed by atoms with E-state index in [0.29, 0.717) is 57.5 Å². The molecule has 2 aromatic carbocycles. The number of nitrogens with one attached hydrogen (secondary N) is 1. The van der Waals surface area contributed by atoms with Crippen molar-refractivity contribution in [2.75, 3.05) is 32.7 Å². The highest BCUT2D eigenvalue weighted by molar-refractivity contribution is 5.81. The molecule has 2 fully saturated rings. The quantitative estimate of drug-likeness (QED) is 0.672. The molecule has 5 nitrogen and oxygen atoms in total. The van der Waals surface area contributed by atoms with Crippen molar-refractivity contribution in [3.63, 3.8) is 0 Å². The van der Waals surface area contributed by atoms with Gasteiger partial charge in [-0.1, -0.05) is 30.3 Å². The van der Waals surface area contributed by atoms with Crippen LogP contribution in [0.1, 0.15) is 36.8 Å². The van der Waals surface area contributed by atoms with Gasteiger partial charge in [0.2, 0.25) is 11.8 Å². The lowest BCUT2D eigenvalue weighted by atomic mass is 9.92. The van der Waals surface area contributed by atoms with Gasteiger partial charge in [-0.2, -0.15) is 0 Å². The Kier molecular flexibility index (Phi) is 8.27. The van der Waals surface area contributed by atoms with Gasteiger partial charge in [0.1, 0.15) is 11.6 Å². The fourth-order valence-corrected chi connectivity index (χ4v) is 5.08. The number of rotatable bonds is 7. The molecule has 2 amide bonds. The molecule has 0 aliphatic carbocycles. The van der Waals surface area contributed by atoms with Crippen molar-refractivity contribution in [1.82, 2.24) is 15.1 Å². The number of hydrogen-bond donors (Lipinski definition) is 1. The topological polar surface area (TPSA) is 52.7 Å². The number of amides is 2. The Morgan fingerprint density at radius 3 is 2.50 bits per heavy atom. The van der Waals surface area contributed by atoms with Gasteiger partial charge in [-0.3, -0.25) is 14.5 Å². The Morgan fingerprint density at radius 1 is 0.941 bits per heavy atom. The van der Waals surface area contributed by atoms with E-state index in [4.69, 9.17) is 0 Å². The van der Waals surface area contributed by atoms with Crippen LogP contribution in [0.15, 0.2) is 48.5 Å². The Bertz CT molecular complexity index is 991. The van der Waals surface area contributed by atoms with Crippen molar-refractivity contribution in [2.45, 2.75) is 38.6 Å². The molecule has 4 rings (SSSR count). The zero-order valence-corrected chi connectivity index (χ0v) is 19.5. The summed E-state index contributed by atoms with van der Waals surface area (Å²) in [6.45, 7) is 3.83. The summed E-state index contributed by atoms with van der Waals surface area (Å²) in [5.74, 6) is -0.485. The zero-order chi connectivity index (χ0) is 23.9. The second kappa shape index (κ2) is 11.6. The van der Waals surface area contributed by atoms with E-state index in [-0.39, 0.29) is 35.3 Å². The minimum Gasteiger partial charge on any atom is -0.356 e. The average molecular weight is 470 g/mol. The SMILES string of the molecule is O=C(NCCc1ccccc1F)C1CCN(C(=O)C2CCCN(Cc3cccc(F)c3)C2)CC1. The Morgan fingerprint density at radius 2 is 1.74 bits per heavy atom. The van der Waals surface area contributed by atoms with E-state index in [9.17, 15) is 18.4 Å². The van der Waals surface area contributed by atoms with Gasteiger partial charge in [-0.25, -0.2) is 8.78 Å². The molecule has 0 aromatic heterocycles. The standard InChI is InChI=1S/C27H33F2N3O2/c28-24-8-3-5-20(17-24)18-31-14-4-7-23(19-31)27(34)32-15-11-22(12-16-32)26(33)30-13-10-21-6-1-2-9-25(21)29/h1-3,5-6,8-9,17,22-23H,4,7,10-16,18-19H2,(H,30,33). The summed E-state index contributed by atoms with van der Waals surface area (Å²) in [6.07, 6.45) is 3.58. The summed E-state index contributed by atoms with van der Waals surface area (Å²) < 4.78 is 27.2. The van der Waals surface area contributed by atoms with Crippen molar-refractivity contribution in [3.05, 3.63) is 71.3 Å². The third kappa shape index (κ3) is 6.41. The number of nitrogens with zero attached hydrogens (tertiary/aromatic N) is 2. The Balaban J connectivity index is 1.20. The lowest BCUT2D eigenvalue weighted by molar-refractivity contribution is -0.140. The molecule has 2 heterocycles. The Hall–Kier alpha value is -2.80. The van der Waals surface area contributed by atoms with Crippen LogP contribution in [0.2, 0.25) is 0 Å². The average Bonchev–Trinajstić information content (AvgIpc) is 2.85. The molecule has 1 unspecified atom stereocenters. The first-order chi connectivity index (χ1) is 16.5. The molecule has 2 aliphatic heterocycles. The van der Waals surface area contributed by atoms with Crippen LogP contribution in [0.5, 0.6) is 0 Å². The summed E-state index contributed by atoms with van der Waals surface area (Å²) in [5, 5.41) is 2.93. The number of piperidine rings is 2. The molecule has 182 valence electrons. The second-order valence-corrected chi connectivity index (χ2v) is 9.44. The molecule has 1 atom stereocenters. The molecule has 2 aromatic rings. The summed E-state index contributed by atoms with van der Waals surface area (Å²) in [4.78, 5) is 29.8. The number of carbonyl (C=O) groups is 2. The van der Waals surface area contributed by atoms with Crippen molar-refractivity contribution < 1.29 is 18.4 Å².